The third-order valence-corrected chi connectivity index (χ3v) is 13.3. The number of nitrogens with zero attached hydrogens (tertiary/aromatic N) is 6. The summed E-state index contributed by atoms with van der Waals surface area (Å²) in [5.74, 6) is 0.362. The predicted octanol–water partition coefficient (Wildman–Crippen LogP) is 5.90. The standard InChI is InChI=1S/C49H55F10N11O7/c1-46(2,48(54,55)56)38(64-44(74)76-5)40(72)63-36(17-27-10-7-26(8-11-27)9-12-28-20-60-43(61-21-28)68-22-30-13-14-31(23-68)62-30)37(71)25-69(67-41(73)39(65-45(75)77-6)47(3,4)49(57,58)59)24-32-33(50)18-29(19-34(32)51)35-15-16-70(66-35)42(52)53/h7-8,10-11,15-16,18-21,30-31,36-39,42,62,71H,13-14,17,22-25H2,1-6H3,(H,63,72)(H,64,74)(H,65,75)(H,67,73)/t30?,31?,36-,37-,38+,39+/m0/s1. The van der Waals surface area contributed by atoms with Crippen LogP contribution in [-0.4, -0.2) is 136 Å². The second kappa shape index (κ2) is 24.0. The Labute approximate surface area is 434 Å². The number of nitrogens with one attached hydrogen (secondary N) is 5. The molecule has 418 valence electrons. The smallest absolute Gasteiger partial charge is 0.407 e. The van der Waals surface area contributed by atoms with Gasteiger partial charge in [-0.1, -0.05) is 24.0 Å². The van der Waals surface area contributed by atoms with Gasteiger partial charge in [-0.25, -0.2) is 38.0 Å². The van der Waals surface area contributed by atoms with Crippen molar-refractivity contribution in [1.82, 2.24) is 51.5 Å². The minimum absolute atomic E-state index is 0.196. The highest BCUT2D eigenvalue weighted by Crippen LogP contribution is 2.42. The summed E-state index contributed by atoms with van der Waals surface area (Å²) in [4.78, 5) is 63.8. The van der Waals surface area contributed by atoms with E-state index in [4.69, 9.17) is 0 Å². The topological polar surface area (TPSA) is 217 Å². The number of hydrogen-bond acceptors (Lipinski definition) is 13. The van der Waals surface area contributed by atoms with Gasteiger partial charge < -0.3 is 40.7 Å². The Balaban J connectivity index is 1.34. The molecule has 2 unspecified atom stereocenters. The van der Waals surface area contributed by atoms with Crippen LogP contribution in [-0.2, 0) is 32.0 Å². The van der Waals surface area contributed by atoms with Gasteiger partial charge in [-0.05, 0) is 82.9 Å². The van der Waals surface area contributed by atoms with Gasteiger partial charge >= 0.3 is 31.1 Å². The molecule has 4 amide bonds. The molecule has 28 heteroatoms. The van der Waals surface area contributed by atoms with Gasteiger partial charge in [-0.15, -0.1) is 0 Å². The number of alkyl carbamates (subject to hydrolysis) is 2. The van der Waals surface area contributed by atoms with E-state index in [1.54, 1.807) is 17.7 Å². The number of aromatic nitrogens is 4. The van der Waals surface area contributed by atoms with Crippen LogP contribution in [0.15, 0.2) is 61.1 Å². The Morgan fingerprint density at radius 1 is 0.792 bits per heavy atom. The zero-order valence-corrected chi connectivity index (χ0v) is 42.1. The number of fused-ring (bicyclic) bond motifs is 2. The van der Waals surface area contributed by atoms with Crippen molar-refractivity contribution >= 4 is 29.9 Å². The number of methoxy groups -OCH3 is 2. The van der Waals surface area contributed by atoms with E-state index in [-0.39, 0.29) is 21.5 Å². The zero-order chi connectivity index (χ0) is 56.8. The molecule has 0 saturated carbocycles. The fourth-order valence-electron chi connectivity index (χ4n) is 8.43. The van der Waals surface area contributed by atoms with E-state index in [9.17, 15) is 59.4 Å². The molecule has 18 nitrogen and oxygen atoms in total. The Bertz CT molecular complexity index is 2770. The third kappa shape index (κ3) is 14.4. The number of carbonyl (C=O) groups excluding carboxylic acids is 4. The van der Waals surface area contributed by atoms with Crippen LogP contribution in [0.2, 0.25) is 0 Å². The minimum Gasteiger partial charge on any atom is -0.453 e. The molecule has 2 fully saturated rings. The SMILES string of the molecule is COC(=O)N[C@H](C(=O)N[C@@H](Cc1ccc(C#Cc2cnc(N3CC4CCC(C3)N4)nc2)cc1)[C@@H](O)CN(Cc1c(F)cc(-c2ccn(C(F)F)n2)cc1F)NC(=O)[C@@H](NC(=O)OC)C(C)(C)C(F)(F)F)C(C)(C)C(F)(F)F. The molecule has 0 spiro atoms. The van der Waals surface area contributed by atoms with Crippen LogP contribution in [0.3, 0.4) is 0 Å². The monoisotopic (exact) mass is 1100 g/mol. The first-order valence-electron chi connectivity index (χ1n) is 23.6. The van der Waals surface area contributed by atoms with Crippen molar-refractivity contribution < 1.29 is 77.7 Å². The van der Waals surface area contributed by atoms with Gasteiger partial charge in [0.15, 0.2) is 0 Å². The molecule has 2 aromatic carbocycles. The van der Waals surface area contributed by atoms with Crippen molar-refractivity contribution in [1.29, 1.82) is 0 Å². The number of benzene rings is 2. The maximum atomic E-state index is 16.0. The molecule has 4 aromatic rings. The fourth-order valence-corrected chi connectivity index (χ4v) is 8.43. The largest absolute Gasteiger partial charge is 0.453 e. The average molecular weight is 1100 g/mol. The van der Waals surface area contributed by atoms with Crippen LogP contribution < -0.4 is 31.6 Å². The molecule has 2 saturated heterocycles. The molecule has 4 heterocycles. The van der Waals surface area contributed by atoms with Crippen LogP contribution in [0, 0.1) is 34.3 Å². The molecule has 6 rings (SSSR count). The molecule has 6 N–H and O–H groups in total. The molecule has 6 atom stereocenters. The van der Waals surface area contributed by atoms with Crippen molar-refractivity contribution in [2.24, 2.45) is 10.8 Å². The van der Waals surface area contributed by atoms with Crippen molar-refractivity contribution in [2.75, 3.05) is 38.8 Å². The number of aliphatic hydroxyl groups is 1. The van der Waals surface area contributed by atoms with E-state index in [0.717, 1.165) is 52.4 Å². The molecular formula is C49H55F10N11O7. The molecule has 2 bridgehead atoms. The number of ether oxygens (including phenoxy) is 2. The maximum Gasteiger partial charge on any atom is 0.407 e. The van der Waals surface area contributed by atoms with Crippen LogP contribution in [0.1, 0.15) is 69.3 Å². The summed E-state index contributed by atoms with van der Waals surface area (Å²) in [7, 11) is 1.60. The molecular weight excluding hydrogens is 1040 g/mol. The normalized spacial score (nSPS) is 17.4. The van der Waals surface area contributed by atoms with Gasteiger partial charge in [0.05, 0.1) is 48.5 Å². The average Bonchev–Trinajstić information content (AvgIpc) is 4.00. The van der Waals surface area contributed by atoms with Crippen LogP contribution in [0.4, 0.5) is 59.4 Å². The van der Waals surface area contributed by atoms with Crippen molar-refractivity contribution in [3.63, 3.8) is 0 Å². The van der Waals surface area contributed by atoms with E-state index in [0.29, 0.717) is 74.0 Å². The lowest BCUT2D eigenvalue weighted by Crippen LogP contribution is -2.63. The zero-order valence-electron chi connectivity index (χ0n) is 42.1. The Kier molecular flexibility index (Phi) is 18.4. The number of hydrazine groups is 1. The van der Waals surface area contributed by atoms with Gasteiger partial charge in [0.25, 0.3) is 5.91 Å². The second-order valence-corrected chi connectivity index (χ2v) is 19.5. The number of rotatable bonds is 18. The number of anilines is 1. The number of alkyl halides is 8. The first-order valence-corrected chi connectivity index (χ1v) is 23.6. The lowest BCUT2D eigenvalue weighted by Gasteiger charge is -2.38. The summed E-state index contributed by atoms with van der Waals surface area (Å²) in [6.07, 6.45) is -9.94. The number of piperazine rings is 1. The second-order valence-electron chi connectivity index (χ2n) is 19.5. The lowest BCUT2D eigenvalue weighted by atomic mass is 9.82. The number of carbonyl (C=O) groups is 4. The third-order valence-electron chi connectivity index (χ3n) is 13.3. The first-order chi connectivity index (χ1) is 36.0. The number of hydrogen-bond donors (Lipinski definition) is 6. The van der Waals surface area contributed by atoms with E-state index in [1.807, 2.05) is 10.7 Å². The highest BCUT2D eigenvalue weighted by molar-refractivity contribution is 5.87. The van der Waals surface area contributed by atoms with Crippen LogP contribution >= 0.6 is 0 Å². The quantitative estimate of drug-likeness (QED) is 0.0389. The van der Waals surface area contributed by atoms with Crippen molar-refractivity contribution in [3.05, 3.63) is 94.9 Å². The maximum absolute atomic E-state index is 16.0. The molecule has 2 aliphatic rings. The molecule has 77 heavy (non-hydrogen) atoms. The summed E-state index contributed by atoms with van der Waals surface area (Å²) >= 11 is 0. The van der Waals surface area contributed by atoms with Crippen LogP contribution in [0.25, 0.3) is 11.3 Å². The number of halogens is 10. The van der Waals surface area contributed by atoms with Gasteiger partial charge in [-0.3, -0.25) is 15.0 Å². The summed E-state index contributed by atoms with van der Waals surface area (Å²) in [5, 5.41) is 25.5. The summed E-state index contributed by atoms with van der Waals surface area (Å²) < 4.78 is 155. The number of aliphatic hydroxyl groups excluding tert-OH is 1. The van der Waals surface area contributed by atoms with E-state index in [1.165, 1.54) is 24.3 Å². The molecule has 2 aliphatic heterocycles. The minimum atomic E-state index is -5.23. The lowest BCUT2D eigenvalue weighted by molar-refractivity contribution is -0.221. The molecule has 0 radical (unpaired) electrons. The Hall–Kier alpha value is -7.25. The predicted molar refractivity (Wildman–Crippen MR) is 254 cm³/mol. The van der Waals surface area contributed by atoms with Gasteiger partial charge in [-0.2, -0.15) is 40.2 Å². The molecule has 0 aliphatic carbocycles. The van der Waals surface area contributed by atoms with Crippen LogP contribution in [0.5, 0.6) is 0 Å². The summed E-state index contributed by atoms with van der Waals surface area (Å²) in [6, 6.07) is 2.22. The first kappa shape index (κ1) is 59.0. The highest BCUT2D eigenvalue weighted by Gasteiger charge is 2.57. The van der Waals surface area contributed by atoms with Crippen molar-refractivity contribution in [3.8, 4) is 23.1 Å². The Morgan fingerprint density at radius 3 is 1.81 bits per heavy atom. The fraction of sp³-hybridized carbons (Fsp3) is 0.490. The highest BCUT2D eigenvalue weighted by atomic mass is 19.4. The van der Waals surface area contributed by atoms with E-state index >= 15 is 8.78 Å². The van der Waals surface area contributed by atoms with Gasteiger partial charge in [0, 0.05) is 73.5 Å². The van der Waals surface area contributed by atoms with Gasteiger partial charge in [0.1, 0.15) is 23.7 Å². The van der Waals surface area contributed by atoms with Crippen molar-refractivity contribution in [2.45, 2.75) is 109 Å². The summed E-state index contributed by atoms with van der Waals surface area (Å²) in [5.41, 5.74) is -4.58. The van der Waals surface area contributed by atoms with E-state index < -0.39 is 115 Å². The summed E-state index contributed by atoms with van der Waals surface area (Å²) in [6.45, 7) is -1.63. The number of amides is 4. The van der Waals surface area contributed by atoms with Gasteiger partial charge in [0.2, 0.25) is 11.9 Å². The molecule has 2 aromatic heterocycles. The van der Waals surface area contributed by atoms with E-state index in [2.05, 4.69) is 51.9 Å². The Morgan fingerprint density at radius 2 is 1.31 bits per heavy atom.